The van der Waals surface area contributed by atoms with Crippen molar-refractivity contribution in [1.29, 1.82) is 0 Å². The number of carbonyl (C=O) groups excluding carboxylic acids is 1. The van der Waals surface area contributed by atoms with Crippen molar-refractivity contribution in [3.05, 3.63) is 29.8 Å². The van der Waals surface area contributed by atoms with Gasteiger partial charge in [-0.2, -0.15) is 13.8 Å². The Kier molecular flexibility index (Phi) is 3.81. The molecule has 90 valence electrons. The molecule has 7 heteroatoms. The molecule has 0 fully saturated rings. The first-order valence-electron chi connectivity index (χ1n) is 5.32. The van der Waals surface area contributed by atoms with Gasteiger partial charge in [0.05, 0.1) is 17.4 Å². The van der Waals surface area contributed by atoms with E-state index in [-0.39, 0.29) is 5.91 Å². The summed E-state index contributed by atoms with van der Waals surface area (Å²) < 4.78 is 9.74. The predicted octanol–water partition coefficient (Wildman–Crippen LogP) is 0.863. The lowest BCUT2D eigenvalue weighted by Gasteiger charge is -2.03. The summed E-state index contributed by atoms with van der Waals surface area (Å²) in [6, 6.07) is 1.88. The van der Waals surface area contributed by atoms with E-state index in [1.165, 1.54) is 0 Å². The van der Waals surface area contributed by atoms with E-state index in [9.17, 15) is 4.79 Å². The highest BCUT2D eigenvalue weighted by molar-refractivity contribution is 6.99. The number of aromatic nitrogens is 4. The molecule has 0 saturated heterocycles. The number of hydrogen-bond acceptors (Lipinski definition) is 5. The number of nitrogens with zero attached hydrogens (tertiary/aromatic N) is 4. The van der Waals surface area contributed by atoms with Gasteiger partial charge in [-0.05, 0) is 19.4 Å². The summed E-state index contributed by atoms with van der Waals surface area (Å²) in [6.07, 6.45) is 4.48. The van der Waals surface area contributed by atoms with Crippen molar-refractivity contribution in [3.63, 3.8) is 0 Å². The Morgan fingerprint density at radius 2 is 2.41 bits per heavy atom. The van der Waals surface area contributed by atoms with Gasteiger partial charge in [-0.15, -0.1) is 0 Å². The summed E-state index contributed by atoms with van der Waals surface area (Å²) in [6.45, 7) is 3.18. The Hall–Kier alpha value is -1.76. The van der Waals surface area contributed by atoms with E-state index in [4.69, 9.17) is 0 Å². The molecule has 1 N–H and O–H groups in total. The highest BCUT2D eigenvalue weighted by Gasteiger charge is 2.11. The number of nitrogens with one attached hydrogen (secondary N) is 1. The molecule has 0 aromatic carbocycles. The van der Waals surface area contributed by atoms with E-state index in [2.05, 4.69) is 19.2 Å². The van der Waals surface area contributed by atoms with Crippen molar-refractivity contribution in [2.24, 2.45) is 0 Å². The maximum Gasteiger partial charge on any atom is 0.272 e. The molecule has 0 aliphatic heterocycles. The van der Waals surface area contributed by atoms with Crippen molar-refractivity contribution in [2.45, 2.75) is 19.9 Å². The number of aryl methyl sites for hydroxylation is 2. The molecule has 0 radical (unpaired) electrons. The van der Waals surface area contributed by atoms with Crippen LogP contribution in [-0.4, -0.2) is 31.0 Å². The Labute approximate surface area is 103 Å². The molecule has 0 spiro atoms. The van der Waals surface area contributed by atoms with Crippen LogP contribution in [0.3, 0.4) is 0 Å². The molecule has 1 amide bonds. The Morgan fingerprint density at radius 1 is 1.53 bits per heavy atom. The quantitative estimate of drug-likeness (QED) is 0.800. The Balaban J connectivity index is 1.72. The fourth-order valence-corrected chi connectivity index (χ4v) is 1.94. The molecule has 0 atom stereocenters. The predicted molar refractivity (Wildman–Crippen MR) is 63.8 cm³/mol. The lowest BCUT2D eigenvalue weighted by molar-refractivity contribution is 0.0948. The van der Waals surface area contributed by atoms with Crippen molar-refractivity contribution in [1.82, 2.24) is 23.8 Å². The molecular formula is C10H13N5OS. The summed E-state index contributed by atoms with van der Waals surface area (Å²) >= 11 is 1.06. The second-order valence-electron chi connectivity index (χ2n) is 3.58. The van der Waals surface area contributed by atoms with E-state index in [1.807, 2.05) is 16.9 Å². The van der Waals surface area contributed by atoms with E-state index in [1.54, 1.807) is 13.1 Å². The van der Waals surface area contributed by atoms with Crippen LogP contribution in [-0.2, 0) is 6.54 Å². The lowest BCUT2D eigenvalue weighted by Crippen LogP contribution is -2.26. The molecular weight excluding hydrogens is 238 g/mol. The SMILES string of the molecule is Cc1nsnc1C(=O)NCCCn1cccn1. The van der Waals surface area contributed by atoms with Crippen LogP contribution in [0.25, 0.3) is 0 Å². The minimum absolute atomic E-state index is 0.156. The molecule has 2 heterocycles. The highest BCUT2D eigenvalue weighted by atomic mass is 32.1. The zero-order valence-electron chi connectivity index (χ0n) is 9.46. The monoisotopic (exact) mass is 251 g/mol. The van der Waals surface area contributed by atoms with Crippen LogP contribution in [0.2, 0.25) is 0 Å². The third-order valence-electron chi connectivity index (χ3n) is 2.28. The summed E-state index contributed by atoms with van der Waals surface area (Å²) in [5.74, 6) is -0.156. The normalized spacial score (nSPS) is 10.4. The van der Waals surface area contributed by atoms with Gasteiger partial charge >= 0.3 is 0 Å². The highest BCUT2D eigenvalue weighted by Crippen LogP contribution is 2.03. The van der Waals surface area contributed by atoms with Gasteiger partial charge in [0, 0.05) is 25.5 Å². The van der Waals surface area contributed by atoms with Gasteiger partial charge in [-0.25, -0.2) is 0 Å². The van der Waals surface area contributed by atoms with E-state index in [0.29, 0.717) is 17.9 Å². The van der Waals surface area contributed by atoms with Gasteiger partial charge in [-0.1, -0.05) is 0 Å². The molecule has 0 aliphatic rings. The number of hydrogen-bond donors (Lipinski definition) is 1. The molecule has 0 unspecified atom stereocenters. The average Bonchev–Trinajstić information content (AvgIpc) is 2.95. The first-order chi connectivity index (χ1) is 8.27. The van der Waals surface area contributed by atoms with Crippen molar-refractivity contribution < 1.29 is 4.79 Å². The van der Waals surface area contributed by atoms with Crippen LogP contribution in [0.5, 0.6) is 0 Å². The van der Waals surface area contributed by atoms with Crippen LogP contribution >= 0.6 is 11.7 Å². The first-order valence-corrected chi connectivity index (χ1v) is 6.05. The number of carbonyl (C=O) groups is 1. The molecule has 6 nitrogen and oxygen atoms in total. The maximum absolute atomic E-state index is 11.7. The van der Waals surface area contributed by atoms with Gasteiger partial charge in [0.1, 0.15) is 0 Å². The summed E-state index contributed by atoms with van der Waals surface area (Å²) in [5, 5.41) is 6.89. The van der Waals surface area contributed by atoms with Crippen molar-refractivity contribution in [2.75, 3.05) is 6.54 Å². The molecule has 17 heavy (non-hydrogen) atoms. The average molecular weight is 251 g/mol. The van der Waals surface area contributed by atoms with Crippen LogP contribution in [0.4, 0.5) is 0 Å². The third kappa shape index (κ3) is 3.10. The molecule has 2 aromatic heterocycles. The van der Waals surface area contributed by atoms with E-state index >= 15 is 0 Å². The molecule has 0 saturated carbocycles. The van der Waals surface area contributed by atoms with Gasteiger partial charge in [0.15, 0.2) is 5.69 Å². The third-order valence-corrected chi connectivity index (χ3v) is 2.90. The largest absolute Gasteiger partial charge is 0.351 e. The zero-order chi connectivity index (χ0) is 12.1. The van der Waals surface area contributed by atoms with Crippen LogP contribution in [0.1, 0.15) is 22.6 Å². The fourth-order valence-electron chi connectivity index (χ4n) is 1.40. The topological polar surface area (TPSA) is 72.7 Å². The van der Waals surface area contributed by atoms with Crippen LogP contribution in [0, 0.1) is 6.92 Å². The fraction of sp³-hybridized carbons (Fsp3) is 0.400. The van der Waals surface area contributed by atoms with Crippen molar-refractivity contribution in [3.8, 4) is 0 Å². The summed E-state index contributed by atoms with van der Waals surface area (Å²) in [7, 11) is 0. The molecule has 0 aliphatic carbocycles. The Bertz CT molecular complexity index is 479. The smallest absolute Gasteiger partial charge is 0.272 e. The maximum atomic E-state index is 11.7. The summed E-state index contributed by atoms with van der Waals surface area (Å²) in [4.78, 5) is 11.7. The molecule has 0 bridgehead atoms. The first kappa shape index (κ1) is 11.7. The van der Waals surface area contributed by atoms with E-state index < -0.39 is 0 Å². The number of amides is 1. The van der Waals surface area contributed by atoms with Crippen LogP contribution < -0.4 is 5.32 Å². The van der Waals surface area contributed by atoms with Gasteiger partial charge in [0.2, 0.25) is 0 Å². The minimum Gasteiger partial charge on any atom is -0.351 e. The van der Waals surface area contributed by atoms with Gasteiger partial charge < -0.3 is 5.32 Å². The number of rotatable bonds is 5. The second-order valence-corrected chi connectivity index (χ2v) is 4.11. The van der Waals surface area contributed by atoms with Gasteiger partial charge in [-0.3, -0.25) is 9.48 Å². The lowest BCUT2D eigenvalue weighted by atomic mass is 10.3. The van der Waals surface area contributed by atoms with Crippen molar-refractivity contribution >= 4 is 17.6 Å². The Morgan fingerprint density at radius 3 is 3.06 bits per heavy atom. The van der Waals surface area contributed by atoms with Gasteiger partial charge in [0.25, 0.3) is 5.91 Å². The standard InChI is InChI=1S/C10H13N5OS/c1-8-9(14-17-13-8)10(16)11-4-2-6-15-7-3-5-12-15/h3,5,7H,2,4,6H2,1H3,(H,11,16). The second kappa shape index (κ2) is 5.53. The minimum atomic E-state index is -0.156. The summed E-state index contributed by atoms with van der Waals surface area (Å²) in [5.41, 5.74) is 1.11. The molecule has 2 aromatic rings. The zero-order valence-corrected chi connectivity index (χ0v) is 10.3. The molecule has 2 rings (SSSR count). The van der Waals surface area contributed by atoms with Crippen LogP contribution in [0.15, 0.2) is 18.5 Å². The van der Waals surface area contributed by atoms with E-state index in [0.717, 1.165) is 24.7 Å².